The van der Waals surface area contributed by atoms with Crippen LogP contribution in [0.2, 0.25) is 0 Å². The number of carbonyl (C=O) groups is 1. The molecule has 0 radical (unpaired) electrons. The van der Waals surface area contributed by atoms with Gasteiger partial charge in [0, 0.05) is 5.92 Å². The number of hydrogen-bond donors (Lipinski definition) is 2. The number of ketones is 1. The van der Waals surface area contributed by atoms with E-state index in [1.54, 1.807) is 0 Å². The fraction of sp³-hybridized carbons (Fsp3) is 0.765. The van der Waals surface area contributed by atoms with E-state index < -0.39 is 11.5 Å². The zero-order valence-electron chi connectivity index (χ0n) is 26.1. The zero-order valence-corrected chi connectivity index (χ0v) is 26.1. The van der Waals surface area contributed by atoms with E-state index in [1.165, 1.54) is 5.57 Å². The SMILES string of the molecule is CC/C=C(/C#N)C(O)C(C)(C)[C@@H]1CC[C@]2(C)C(=CC(=O)[C@@H]3[C@@H]4CC(C)(C)CC[C@]4(c4nc(CO)no4)CC[C@]32C)C1. The van der Waals surface area contributed by atoms with Crippen LogP contribution in [0.25, 0.3) is 0 Å². The predicted octanol–water partition coefficient (Wildman–Crippen LogP) is 6.60. The minimum atomic E-state index is -0.831. The summed E-state index contributed by atoms with van der Waals surface area (Å²) in [5.41, 5.74) is 0.610. The number of hydrogen-bond acceptors (Lipinski definition) is 7. The third-order valence-electron chi connectivity index (χ3n) is 12.6. The summed E-state index contributed by atoms with van der Waals surface area (Å²) in [7, 11) is 0. The van der Waals surface area contributed by atoms with E-state index in [0.29, 0.717) is 23.7 Å². The molecule has 4 aliphatic carbocycles. The van der Waals surface area contributed by atoms with E-state index in [4.69, 9.17) is 4.52 Å². The minimum absolute atomic E-state index is 0.0903. The average molecular weight is 564 g/mol. The van der Waals surface area contributed by atoms with Crippen LogP contribution in [0.15, 0.2) is 27.8 Å². The van der Waals surface area contributed by atoms with Gasteiger partial charge in [0.2, 0.25) is 5.89 Å². The maximum Gasteiger partial charge on any atom is 0.233 e. The van der Waals surface area contributed by atoms with Crippen molar-refractivity contribution in [3.05, 3.63) is 35.0 Å². The number of nitrogens with zero attached hydrogens (tertiary/aromatic N) is 3. The fourth-order valence-corrected chi connectivity index (χ4v) is 9.54. The summed E-state index contributed by atoms with van der Waals surface area (Å²) >= 11 is 0. The lowest BCUT2D eigenvalue weighted by molar-refractivity contribution is -0.156. The molecule has 7 nitrogen and oxygen atoms in total. The number of nitriles is 1. The average Bonchev–Trinajstić information content (AvgIpc) is 3.41. The number of aliphatic hydroxyl groups excluding tert-OH is 2. The molecule has 0 aromatic carbocycles. The van der Waals surface area contributed by atoms with Gasteiger partial charge >= 0.3 is 0 Å². The standard InChI is InChI=1S/C34H49N3O4/c1-8-9-21(19-35)28(40)31(4,5)22-10-11-32(6)23(16-22)17-25(39)27-24-18-30(2,3)12-14-34(24,15-13-33(27,32)7)29-36-26(20-38)37-41-29/h9,17,22,24,27-28,38,40H,8,10-16,18,20H2,1-7H3/b21-9-/t22-,24+,27+,28?,32-,33-,34+/m1/s1. The van der Waals surface area contributed by atoms with Gasteiger partial charge in [-0.15, -0.1) is 0 Å². The topological polar surface area (TPSA) is 120 Å². The summed E-state index contributed by atoms with van der Waals surface area (Å²) in [6.07, 6.45) is 11.0. The Labute approximate surface area is 245 Å². The Hall–Kier alpha value is -2.30. The van der Waals surface area contributed by atoms with Crippen molar-refractivity contribution >= 4 is 5.78 Å². The number of fused-ring (bicyclic) bond motifs is 5. The molecule has 41 heavy (non-hydrogen) atoms. The molecule has 4 aliphatic rings. The van der Waals surface area contributed by atoms with Crippen molar-refractivity contribution in [2.45, 2.75) is 124 Å². The molecule has 1 aromatic rings. The molecule has 0 spiro atoms. The molecule has 3 fully saturated rings. The normalized spacial score (nSPS) is 37.8. The maximum atomic E-state index is 14.4. The summed E-state index contributed by atoms with van der Waals surface area (Å²) < 4.78 is 5.82. The molecule has 0 bridgehead atoms. The molecule has 0 saturated heterocycles. The second-order valence-electron chi connectivity index (χ2n) is 15.4. The number of aliphatic hydroxyl groups is 2. The Bertz CT molecular complexity index is 1300. The highest BCUT2D eigenvalue weighted by molar-refractivity contribution is 5.95. The van der Waals surface area contributed by atoms with Crippen molar-refractivity contribution < 1.29 is 19.5 Å². The van der Waals surface area contributed by atoms with Crippen LogP contribution in [-0.2, 0) is 16.8 Å². The Morgan fingerprint density at radius 2 is 1.93 bits per heavy atom. The van der Waals surface area contributed by atoms with Crippen molar-refractivity contribution in [2.75, 3.05) is 0 Å². The van der Waals surface area contributed by atoms with Crippen LogP contribution >= 0.6 is 0 Å². The van der Waals surface area contributed by atoms with Gasteiger partial charge in [0.1, 0.15) is 6.61 Å². The maximum absolute atomic E-state index is 14.4. The molecule has 1 unspecified atom stereocenters. The summed E-state index contributed by atoms with van der Waals surface area (Å²) in [5, 5.41) is 34.7. The lowest BCUT2D eigenvalue weighted by Crippen LogP contribution is -2.63. The van der Waals surface area contributed by atoms with Crippen LogP contribution < -0.4 is 0 Å². The first-order chi connectivity index (χ1) is 19.2. The molecule has 1 aromatic heterocycles. The first-order valence-corrected chi connectivity index (χ1v) is 15.7. The quantitative estimate of drug-likeness (QED) is 0.374. The highest BCUT2D eigenvalue weighted by Crippen LogP contribution is 2.71. The van der Waals surface area contributed by atoms with Crippen LogP contribution in [-0.4, -0.2) is 32.2 Å². The molecule has 2 N–H and O–H groups in total. The van der Waals surface area contributed by atoms with Crippen molar-refractivity contribution in [1.29, 1.82) is 5.26 Å². The molecular weight excluding hydrogens is 514 g/mol. The smallest absolute Gasteiger partial charge is 0.233 e. The summed E-state index contributed by atoms with van der Waals surface area (Å²) in [5.74, 6) is 1.26. The van der Waals surface area contributed by atoms with Crippen LogP contribution in [0.1, 0.15) is 118 Å². The van der Waals surface area contributed by atoms with E-state index in [-0.39, 0.29) is 51.8 Å². The van der Waals surface area contributed by atoms with Gasteiger partial charge in [0.05, 0.1) is 23.2 Å². The zero-order chi connectivity index (χ0) is 30.0. The molecule has 7 heteroatoms. The van der Waals surface area contributed by atoms with Gasteiger partial charge in [-0.05, 0) is 97.4 Å². The Balaban J connectivity index is 1.53. The van der Waals surface area contributed by atoms with Crippen molar-refractivity contribution in [1.82, 2.24) is 10.1 Å². The molecule has 7 atom stereocenters. The van der Waals surface area contributed by atoms with Gasteiger partial charge in [-0.1, -0.05) is 65.3 Å². The third kappa shape index (κ3) is 4.47. The first-order valence-electron chi connectivity index (χ1n) is 15.7. The van der Waals surface area contributed by atoms with E-state index >= 15 is 0 Å². The highest BCUT2D eigenvalue weighted by Gasteiger charge is 2.67. The second-order valence-corrected chi connectivity index (χ2v) is 15.4. The van der Waals surface area contributed by atoms with Gasteiger partial charge in [-0.25, -0.2) is 0 Å². The fourth-order valence-electron chi connectivity index (χ4n) is 9.54. The van der Waals surface area contributed by atoms with Crippen molar-refractivity contribution in [3.8, 4) is 6.07 Å². The summed E-state index contributed by atoms with van der Waals surface area (Å²) in [4.78, 5) is 19.0. The van der Waals surface area contributed by atoms with Crippen LogP contribution in [0.5, 0.6) is 0 Å². The molecule has 3 saturated carbocycles. The summed E-state index contributed by atoms with van der Waals surface area (Å²) in [6.45, 7) is 15.2. The number of carbonyl (C=O) groups excluding carboxylic acids is 1. The Morgan fingerprint density at radius 3 is 2.56 bits per heavy atom. The predicted molar refractivity (Wildman–Crippen MR) is 156 cm³/mol. The van der Waals surface area contributed by atoms with Gasteiger partial charge in [0.25, 0.3) is 0 Å². The van der Waals surface area contributed by atoms with Gasteiger partial charge in [-0.3, -0.25) is 4.79 Å². The minimum Gasteiger partial charge on any atom is -0.388 e. The lowest BCUT2D eigenvalue weighted by Gasteiger charge is -2.66. The third-order valence-corrected chi connectivity index (χ3v) is 12.6. The number of rotatable bonds is 6. The van der Waals surface area contributed by atoms with Gasteiger partial charge in [-0.2, -0.15) is 10.2 Å². The van der Waals surface area contributed by atoms with E-state index in [1.807, 2.05) is 19.1 Å². The van der Waals surface area contributed by atoms with E-state index in [9.17, 15) is 20.3 Å². The molecule has 0 amide bonds. The molecule has 0 aliphatic heterocycles. The molecule has 5 rings (SSSR count). The monoisotopic (exact) mass is 563 g/mol. The molecule has 224 valence electrons. The van der Waals surface area contributed by atoms with Crippen LogP contribution in [0.3, 0.4) is 0 Å². The lowest BCUT2D eigenvalue weighted by atomic mass is 9.37. The number of aromatic nitrogens is 2. The largest absolute Gasteiger partial charge is 0.388 e. The van der Waals surface area contributed by atoms with E-state index in [2.05, 4.69) is 57.8 Å². The van der Waals surface area contributed by atoms with Gasteiger partial charge < -0.3 is 14.7 Å². The second kappa shape index (κ2) is 10.2. The Morgan fingerprint density at radius 1 is 1.22 bits per heavy atom. The first kappa shape index (κ1) is 30.2. The van der Waals surface area contributed by atoms with E-state index in [0.717, 1.165) is 51.4 Å². The highest BCUT2D eigenvalue weighted by atomic mass is 16.5. The van der Waals surface area contributed by atoms with Crippen LogP contribution in [0, 0.1) is 50.7 Å². The van der Waals surface area contributed by atoms with Crippen molar-refractivity contribution in [2.24, 2.45) is 39.4 Å². The molecule has 1 heterocycles. The van der Waals surface area contributed by atoms with Gasteiger partial charge in [0.15, 0.2) is 11.6 Å². The summed E-state index contributed by atoms with van der Waals surface area (Å²) in [6, 6.07) is 2.23. The number of allylic oxidation sites excluding steroid dienone is 3. The Kier molecular flexibility index (Phi) is 7.47. The molecular formula is C34H49N3O4. The van der Waals surface area contributed by atoms with Crippen molar-refractivity contribution in [3.63, 3.8) is 0 Å². The van der Waals surface area contributed by atoms with Crippen LogP contribution in [0.4, 0.5) is 0 Å².